The molecule has 1 amide bonds. The van der Waals surface area contributed by atoms with Crippen molar-refractivity contribution in [3.8, 4) is 0 Å². The molecule has 1 aliphatic rings. The molecule has 2 aromatic rings. The van der Waals surface area contributed by atoms with E-state index in [0.29, 0.717) is 12.2 Å². The van der Waals surface area contributed by atoms with Crippen LogP contribution in [0.15, 0.2) is 48.5 Å². The number of aryl methyl sites for hydroxylation is 2. The maximum atomic E-state index is 12.3. The topological polar surface area (TPSA) is 55.4 Å². The number of benzene rings is 2. The molecular weight excluding hydrogens is 314 g/mol. The normalized spacial score (nSPS) is 13.1. The van der Waals surface area contributed by atoms with E-state index in [1.165, 1.54) is 24.0 Å². The quantitative estimate of drug-likeness (QED) is 0.618. The van der Waals surface area contributed by atoms with Gasteiger partial charge in [0.25, 0.3) is 0 Å². The van der Waals surface area contributed by atoms with Crippen LogP contribution in [0.5, 0.6) is 0 Å². The smallest absolute Gasteiger partial charge is 0.243 e. The number of carbonyl (C=O) groups excluding carboxylic acids is 2. The summed E-state index contributed by atoms with van der Waals surface area (Å²) in [6.45, 7) is 0.311. The molecule has 4 heteroatoms. The minimum absolute atomic E-state index is 0.00610. The van der Waals surface area contributed by atoms with Crippen LogP contribution in [0.4, 0.5) is 0 Å². The number of hydrogen-bond acceptors (Lipinski definition) is 3. The minimum atomic E-state index is -0.276. The highest BCUT2D eigenvalue weighted by atomic mass is 16.6. The maximum Gasteiger partial charge on any atom is 0.243 e. The lowest BCUT2D eigenvalue weighted by Gasteiger charge is -2.16. The molecule has 0 aromatic heterocycles. The molecule has 0 saturated carbocycles. The Morgan fingerprint density at radius 2 is 1.68 bits per heavy atom. The number of hydrogen-bond donors (Lipinski definition) is 1. The van der Waals surface area contributed by atoms with Crippen LogP contribution in [0, 0.1) is 0 Å². The first-order valence-corrected chi connectivity index (χ1v) is 8.82. The summed E-state index contributed by atoms with van der Waals surface area (Å²) >= 11 is 0. The molecule has 1 aliphatic carbocycles. The third-order valence-corrected chi connectivity index (χ3v) is 4.52. The number of nitrogens with one attached hydrogen (secondary N) is 1. The van der Waals surface area contributed by atoms with Crippen molar-refractivity contribution < 1.29 is 14.4 Å². The number of amides is 1. The molecule has 25 heavy (non-hydrogen) atoms. The standard InChI is InChI=1S/C21H23NO3/c23-20(19-11-10-17-8-4-5-9-18(17)14-19)12-13-21(24)22-25-15-16-6-2-1-3-7-16/h1-3,6-7,10-11,14H,4-5,8-9,12-13,15H2,(H,22,24). The molecule has 0 bridgehead atoms. The van der Waals surface area contributed by atoms with Gasteiger partial charge in [-0.15, -0.1) is 0 Å². The average Bonchev–Trinajstić information content (AvgIpc) is 2.66. The van der Waals surface area contributed by atoms with Gasteiger partial charge in [0.05, 0.1) is 6.61 Å². The summed E-state index contributed by atoms with van der Waals surface area (Å²) in [7, 11) is 0. The lowest BCUT2D eigenvalue weighted by atomic mass is 9.89. The highest BCUT2D eigenvalue weighted by molar-refractivity contribution is 5.98. The SMILES string of the molecule is O=C(CCC(=O)c1ccc2c(c1)CCCC2)NOCc1ccccc1. The summed E-state index contributed by atoms with van der Waals surface area (Å²) in [6.07, 6.45) is 4.88. The van der Waals surface area contributed by atoms with Crippen molar-refractivity contribution >= 4 is 11.7 Å². The second kappa shape index (κ2) is 8.58. The molecule has 0 heterocycles. The van der Waals surface area contributed by atoms with Crippen LogP contribution in [0.25, 0.3) is 0 Å². The van der Waals surface area contributed by atoms with Gasteiger partial charge in [0, 0.05) is 18.4 Å². The molecule has 0 radical (unpaired) electrons. The van der Waals surface area contributed by atoms with Crippen LogP contribution in [0.1, 0.15) is 52.7 Å². The van der Waals surface area contributed by atoms with Crippen molar-refractivity contribution in [2.24, 2.45) is 0 Å². The first-order valence-electron chi connectivity index (χ1n) is 8.82. The van der Waals surface area contributed by atoms with E-state index >= 15 is 0 Å². The summed E-state index contributed by atoms with van der Waals surface area (Å²) in [6, 6.07) is 15.5. The lowest BCUT2D eigenvalue weighted by molar-refractivity contribution is -0.134. The van der Waals surface area contributed by atoms with Crippen LogP contribution >= 0.6 is 0 Å². The van der Waals surface area contributed by atoms with E-state index in [0.717, 1.165) is 18.4 Å². The van der Waals surface area contributed by atoms with Gasteiger partial charge in [-0.25, -0.2) is 5.48 Å². The zero-order chi connectivity index (χ0) is 17.5. The Morgan fingerprint density at radius 1 is 0.920 bits per heavy atom. The highest BCUT2D eigenvalue weighted by Crippen LogP contribution is 2.22. The first-order chi connectivity index (χ1) is 12.2. The highest BCUT2D eigenvalue weighted by Gasteiger charge is 2.14. The van der Waals surface area contributed by atoms with E-state index in [2.05, 4.69) is 11.5 Å². The predicted octanol–water partition coefficient (Wildman–Crippen LogP) is 3.78. The molecule has 0 aliphatic heterocycles. The zero-order valence-corrected chi connectivity index (χ0v) is 14.3. The largest absolute Gasteiger partial charge is 0.294 e. The maximum absolute atomic E-state index is 12.3. The zero-order valence-electron chi connectivity index (χ0n) is 14.3. The minimum Gasteiger partial charge on any atom is -0.294 e. The molecule has 1 N–H and O–H groups in total. The van der Waals surface area contributed by atoms with Crippen molar-refractivity contribution in [1.29, 1.82) is 0 Å². The number of ketones is 1. The van der Waals surface area contributed by atoms with Gasteiger partial charge in [0.15, 0.2) is 5.78 Å². The third kappa shape index (κ3) is 5.00. The van der Waals surface area contributed by atoms with Gasteiger partial charge in [-0.2, -0.15) is 0 Å². The van der Waals surface area contributed by atoms with E-state index in [1.54, 1.807) is 0 Å². The summed E-state index contributed by atoms with van der Waals surface area (Å²) in [5.74, 6) is -0.270. The van der Waals surface area contributed by atoms with Gasteiger partial charge in [-0.1, -0.05) is 42.5 Å². The summed E-state index contributed by atoms with van der Waals surface area (Å²) in [5, 5.41) is 0. The Bertz CT molecular complexity index is 740. The predicted molar refractivity (Wildman–Crippen MR) is 96.0 cm³/mol. The number of Topliss-reactive ketones (excluding diaryl/α,β-unsaturated/α-hetero) is 1. The van der Waals surface area contributed by atoms with Gasteiger partial charge in [0.1, 0.15) is 0 Å². The molecule has 3 rings (SSSR count). The Morgan fingerprint density at radius 3 is 2.48 bits per heavy atom. The number of hydroxylamine groups is 1. The van der Waals surface area contributed by atoms with E-state index < -0.39 is 0 Å². The Hall–Kier alpha value is -2.46. The first kappa shape index (κ1) is 17.4. The van der Waals surface area contributed by atoms with Gasteiger partial charge < -0.3 is 0 Å². The Labute approximate surface area is 148 Å². The second-order valence-corrected chi connectivity index (χ2v) is 6.41. The molecule has 0 unspecified atom stereocenters. The molecule has 0 saturated heterocycles. The van der Waals surface area contributed by atoms with Crippen LogP contribution in [0.2, 0.25) is 0 Å². The van der Waals surface area contributed by atoms with E-state index in [-0.39, 0.29) is 24.5 Å². The molecule has 2 aromatic carbocycles. The second-order valence-electron chi connectivity index (χ2n) is 6.41. The van der Waals surface area contributed by atoms with Crippen molar-refractivity contribution in [2.45, 2.75) is 45.1 Å². The van der Waals surface area contributed by atoms with E-state index in [4.69, 9.17) is 4.84 Å². The van der Waals surface area contributed by atoms with Crippen LogP contribution in [-0.4, -0.2) is 11.7 Å². The monoisotopic (exact) mass is 337 g/mol. The van der Waals surface area contributed by atoms with Crippen molar-refractivity contribution in [1.82, 2.24) is 5.48 Å². The number of carbonyl (C=O) groups is 2. The lowest BCUT2D eigenvalue weighted by Crippen LogP contribution is -2.24. The molecule has 0 spiro atoms. The molecular formula is C21H23NO3. The Kier molecular flexibility index (Phi) is 5.96. The molecule has 4 nitrogen and oxygen atoms in total. The summed E-state index contributed by atoms with van der Waals surface area (Å²) < 4.78 is 0. The van der Waals surface area contributed by atoms with Crippen molar-refractivity contribution in [3.05, 3.63) is 70.8 Å². The molecule has 0 atom stereocenters. The van der Waals surface area contributed by atoms with Gasteiger partial charge in [-0.3, -0.25) is 14.4 Å². The van der Waals surface area contributed by atoms with Gasteiger partial charge >= 0.3 is 0 Å². The Balaban J connectivity index is 1.43. The van der Waals surface area contributed by atoms with Gasteiger partial charge in [-0.05, 0) is 48.4 Å². The van der Waals surface area contributed by atoms with E-state index in [1.807, 2.05) is 42.5 Å². The van der Waals surface area contributed by atoms with Crippen LogP contribution in [0.3, 0.4) is 0 Å². The van der Waals surface area contributed by atoms with Crippen LogP contribution in [-0.2, 0) is 29.1 Å². The summed E-state index contributed by atoms with van der Waals surface area (Å²) in [4.78, 5) is 29.3. The average molecular weight is 337 g/mol. The van der Waals surface area contributed by atoms with Gasteiger partial charge in [0.2, 0.25) is 5.91 Å². The van der Waals surface area contributed by atoms with E-state index in [9.17, 15) is 9.59 Å². The molecule has 0 fully saturated rings. The summed E-state index contributed by atoms with van der Waals surface area (Å²) in [5.41, 5.74) is 6.72. The fourth-order valence-electron chi connectivity index (χ4n) is 3.10. The van der Waals surface area contributed by atoms with Crippen molar-refractivity contribution in [2.75, 3.05) is 0 Å². The van der Waals surface area contributed by atoms with Crippen molar-refractivity contribution in [3.63, 3.8) is 0 Å². The van der Waals surface area contributed by atoms with Crippen LogP contribution < -0.4 is 5.48 Å². The third-order valence-electron chi connectivity index (χ3n) is 4.52. The number of fused-ring (bicyclic) bond motifs is 1. The fraction of sp³-hybridized carbons (Fsp3) is 0.333. The number of rotatable bonds is 7. The fourth-order valence-corrected chi connectivity index (χ4v) is 3.10. The molecule has 130 valence electrons.